The van der Waals surface area contributed by atoms with E-state index in [0.29, 0.717) is 12.1 Å². The van der Waals surface area contributed by atoms with E-state index in [1.807, 2.05) is 0 Å². The van der Waals surface area contributed by atoms with Crippen LogP contribution in [0.5, 0.6) is 0 Å². The molecule has 0 saturated heterocycles. The van der Waals surface area contributed by atoms with Crippen LogP contribution in [0.25, 0.3) is 0 Å². The molecule has 0 fully saturated rings. The lowest BCUT2D eigenvalue weighted by atomic mass is 10.1. The van der Waals surface area contributed by atoms with Crippen LogP contribution in [0, 0.1) is 0 Å². The minimum absolute atomic E-state index is 0.176. The monoisotopic (exact) mass is 234 g/mol. The van der Waals surface area contributed by atoms with Gasteiger partial charge in [-0.2, -0.15) is 0 Å². The Morgan fingerprint density at radius 2 is 2.06 bits per heavy atom. The Kier molecular flexibility index (Phi) is 4.15. The smallest absolute Gasteiger partial charge is 0.0594 e. The van der Waals surface area contributed by atoms with E-state index in [1.165, 1.54) is 11.1 Å². The lowest BCUT2D eigenvalue weighted by molar-refractivity contribution is 0.0792. The second-order valence-electron chi connectivity index (χ2n) is 4.90. The third-order valence-corrected chi connectivity index (χ3v) is 3.20. The summed E-state index contributed by atoms with van der Waals surface area (Å²) in [7, 11) is 0. The van der Waals surface area contributed by atoms with Crippen molar-refractivity contribution in [3.63, 3.8) is 0 Å². The predicted octanol–water partition coefficient (Wildman–Crippen LogP) is 2.15. The van der Waals surface area contributed by atoms with Crippen LogP contribution in [0.1, 0.15) is 43.5 Å². The topological polar surface area (TPSA) is 47.3 Å². The van der Waals surface area contributed by atoms with Gasteiger partial charge in [-0.15, -0.1) is 0 Å². The quantitative estimate of drug-likeness (QED) is 0.767. The van der Waals surface area contributed by atoms with Gasteiger partial charge >= 0.3 is 0 Å². The van der Waals surface area contributed by atoms with Gasteiger partial charge in [0, 0.05) is 18.6 Å². The molecular formula is C14H22N2O. The number of hydrogen-bond acceptors (Lipinski definition) is 3. The van der Waals surface area contributed by atoms with Gasteiger partial charge in [-0.25, -0.2) is 0 Å². The first-order valence-electron chi connectivity index (χ1n) is 6.38. The maximum atomic E-state index is 6.12. The van der Waals surface area contributed by atoms with Crippen LogP contribution in [-0.2, 0) is 4.74 Å². The van der Waals surface area contributed by atoms with E-state index >= 15 is 0 Å². The summed E-state index contributed by atoms with van der Waals surface area (Å²) in [6.45, 7) is 5.75. The van der Waals surface area contributed by atoms with E-state index in [4.69, 9.17) is 10.5 Å². The lowest BCUT2D eigenvalue weighted by Crippen LogP contribution is -2.25. The molecule has 94 valence electrons. The minimum Gasteiger partial charge on any atom is -0.377 e. The number of ether oxygens (including phenoxy) is 1. The molecule has 0 heterocycles. The molecule has 0 saturated carbocycles. The molecule has 0 aromatic heterocycles. The second kappa shape index (κ2) is 5.63. The van der Waals surface area contributed by atoms with Crippen molar-refractivity contribution in [1.29, 1.82) is 0 Å². The van der Waals surface area contributed by atoms with Crippen LogP contribution in [0.4, 0.5) is 0 Å². The molecule has 0 amide bonds. The van der Waals surface area contributed by atoms with E-state index < -0.39 is 0 Å². The normalized spacial score (nSPS) is 23.1. The molecule has 17 heavy (non-hydrogen) atoms. The molecule has 3 nitrogen and oxygen atoms in total. The maximum absolute atomic E-state index is 6.12. The molecule has 1 aliphatic rings. The first kappa shape index (κ1) is 12.6. The largest absolute Gasteiger partial charge is 0.377 e. The molecule has 2 rings (SSSR count). The number of nitrogens with one attached hydrogen (secondary N) is 1. The Bertz CT molecular complexity index is 365. The number of benzene rings is 1. The van der Waals surface area contributed by atoms with Gasteiger partial charge in [0.15, 0.2) is 0 Å². The summed E-state index contributed by atoms with van der Waals surface area (Å²) in [5, 5.41) is 3.52. The summed E-state index contributed by atoms with van der Waals surface area (Å²) < 4.78 is 5.52. The Labute approximate surface area is 103 Å². The van der Waals surface area contributed by atoms with Crippen molar-refractivity contribution in [2.75, 3.05) is 13.2 Å². The highest BCUT2D eigenvalue weighted by atomic mass is 16.5. The number of nitrogens with two attached hydrogens (primary N) is 1. The highest BCUT2D eigenvalue weighted by molar-refractivity contribution is 5.37. The molecule has 0 bridgehead atoms. The fourth-order valence-electron chi connectivity index (χ4n) is 2.39. The average molecular weight is 234 g/mol. The van der Waals surface area contributed by atoms with Gasteiger partial charge in [-0.05, 0) is 31.4 Å². The van der Waals surface area contributed by atoms with E-state index in [-0.39, 0.29) is 6.04 Å². The third kappa shape index (κ3) is 3.06. The minimum atomic E-state index is 0.176. The standard InChI is InChI=1S/C14H22N2O/c1-10(2)17-8-7-16-14-9-13(15)11-5-3-4-6-12(11)14/h3-6,10,13-14,16H,7-9,15H2,1-2H3. The van der Waals surface area contributed by atoms with E-state index in [0.717, 1.165) is 19.6 Å². The first-order chi connectivity index (χ1) is 8.18. The van der Waals surface area contributed by atoms with Crippen molar-refractivity contribution in [3.8, 4) is 0 Å². The van der Waals surface area contributed by atoms with Crippen molar-refractivity contribution in [2.45, 2.75) is 38.5 Å². The summed E-state index contributed by atoms with van der Waals surface area (Å²) >= 11 is 0. The Balaban J connectivity index is 1.87. The van der Waals surface area contributed by atoms with E-state index in [1.54, 1.807) is 0 Å². The zero-order valence-corrected chi connectivity index (χ0v) is 10.6. The van der Waals surface area contributed by atoms with E-state index in [9.17, 15) is 0 Å². The van der Waals surface area contributed by atoms with Gasteiger partial charge in [0.05, 0.1) is 12.7 Å². The predicted molar refractivity (Wildman–Crippen MR) is 69.8 cm³/mol. The zero-order valence-electron chi connectivity index (χ0n) is 10.6. The van der Waals surface area contributed by atoms with Gasteiger partial charge in [0.2, 0.25) is 0 Å². The molecule has 1 aliphatic carbocycles. The van der Waals surface area contributed by atoms with Gasteiger partial charge in [0.25, 0.3) is 0 Å². The molecule has 1 aromatic carbocycles. The van der Waals surface area contributed by atoms with Crippen LogP contribution in [0.3, 0.4) is 0 Å². The SMILES string of the molecule is CC(C)OCCNC1CC(N)c2ccccc21. The lowest BCUT2D eigenvalue weighted by Gasteiger charge is -2.15. The van der Waals surface area contributed by atoms with Crippen molar-refractivity contribution >= 4 is 0 Å². The Hall–Kier alpha value is -0.900. The van der Waals surface area contributed by atoms with Crippen LogP contribution in [0.2, 0.25) is 0 Å². The molecule has 3 N–H and O–H groups in total. The van der Waals surface area contributed by atoms with Gasteiger partial charge < -0.3 is 15.8 Å². The Morgan fingerprint density at radius 1 is 1.35 bits per heavy atom. The van der Waals surface area contributed by atoms with Gasteiger partial charge in [-0.1, -0.05) is 24.3 Å². The van der Waals surface area contributed by atoms with Crippen molar-refractivity contribution in [2.24, 2.45) is 5.73 Å². The van der Waals surface area contributed by atoms with Crippen LogP contribution in [0.15, 0.2) is 24.3 Å². The summed E-state index contributed by atoms with van der Waals surface area (Å²) in [5.74, 6) is 0. The molecule has 0 aliphatic heterocycles. The molecule has 2 atom stereocenters. The van der Waals surface area contributed by atoms with Gasteiger partial charge in [0.1, 0.15) is 0 Å². The summed E-state index contributed by atoms with van der Waals surface area (Å²) in [4.78, 5) is 0. The Morgan fingerprint density at radius 3 is 2.76 bits per heavy atom. The average Bonchev–Trinajstić information content (AvgIpc) is 2.63. The van der Waals surface area contributed by atoms with Crippen molar-refractivity contribution in [1.82, 2.24) is 5.32 Å². The summed E-state index contributed by atoms with van der Waals surface area (Å²) in [5.41, 5.74) is 8.76. The number of fused-ring (bicyclic) bond motifs is 1. The number of rotatable bonds is 5. The maximum Gasteiger partial charge on any atom is 0.0594 e. The molecular weight excluding hydrogens is 212 g/mol. The van der Waals surface area contributed by atoms with Crippen LogP contribution in [-0.4, -0.2) is 19.3 Å². The molecule has 0 radical (unpaired) electrons. The highest BCUT2D eigenvalue weighted by Gasteiger charge is 2.27. The van der Waals surface area contributed by atoms with E-state index in [2.05, 4.69) is 43.4 Å². The molecule has 3 heteroatoms. The molecule has 0 spiro atoms. The van der Waals surface area contributed by atoms with Crippen LogP contribution >= 0.6 is 0 Å². The third-order valence-electron chi connectivity index (χ3n) is 3.20. The number of hydrogen-bond donors (Lipinski definition) is 2. The zero-order chi connectivity index (χ0) is 12.3. The summed E-state index contributed by atoms with van der Waals surface area (Å²) in [6, 6.07) is 9.00. The highest BCUT2D eigenvalue weighted by Crippen LogP contribution is 2.36. The second-order valence-corrected chi connectivity index (χ2v) is 4.90. The summed E-state index contributed by atoms with van der Waals surface area (Å²) in [6.07, 6.45) is 1.29. The fourth-order valence-corrected chi connectivity index (χ4v) is 2.39. The molecule has 2 unspecified atom stereocenters. The van der Waals surface area contributed by atoms with Crippen molar-refractivity contribution < 1.29 is 4.74 Å². The van der Waals surface area contributed by atoms with Gasteiger partial charge in [-0.3, -0.25) is 0 Å². The van der Waals surface area contributed by atoms with Crippen LogP contribution < -0.4 is 11.1 Å². The molecule has 1 aromatic rings. The first-order valence-corrected chi connectivity index (χ1v) is 6.38. The fraction of sp³-hybridized carbons (Fsp3) is 0.571. The van der Waals surface area contributed by atoms with Crippen molar-refractivity contribution in [3.05, 3.63) is 35.4 Å².